The lowest BCUT2D eigenvalue weighted by Crippen LogP contribution is -2.47. The van der Waals surface area contributed by atoms with Crippen LogP contribution >= 0.6 is 23.2 Å². The van der Waals surface area contributed by atoms with Gasteiger partial charge in [0.2, 0.25) is 5.91 Å². The van der Waals surface area contributed by atoms with Crippen molar-refractivity contribution >= 4 is 29.1 Å². The number of nitriles is 1. The Morgan fingerprint density at radius 3 is 2.55 bits per heavy atom. The van der Waals surface area contributed by atoms with Gasteiger partial charge in [0, 0.05) is 6.04 Å². The third-order valence-electron chi connectivity index (χ3n) is 3.74. The first kappa shape index (κ1) is 15.2. The van der Waals surface area contributed by atoms with Gasteiger partial charge in [-0.2, -0.15) is 5.26 Å². The highest BCUT2D eigenvalue weighted by Gasteiger charge is 2.35. The quantitative estimate of drug-likeness (QED) is 0.920. The van der Waals surface area contributed by atoms with Crippen LogP contribution in [0.25, 0.3) is 0 Å². The number of benzene rings is 1. The van der Waals surface area contributed by atoms with E-state index < -0.39 is 5.41 Å². The Kier molecular flexibility index (Phi) is 4.27. The van der Waals surface area contributed by atoms with Gasteiger partial charge >= 0.3 is 0 Å². The lowest BCUT2D eigenvalue weighted by molar-refractivity contribution is -0.128. The zero-order valence-electron chi connectivity index (χ0n) is 11.4. The summed E-state index contributed by atoms with van der Waals surface area (Å²) in [6.07, 6.45) is 1.73. The maximum Gasteiger partial charge on any atom is 0.240 e. The van der Waals surface area contributed by atoms with E-state index >= 15 is 0 Å². The molecule has 0 aliphatic heterocycles. The molecule has 0 aromatic heterocycles. The first-order valence-corrected chi connectivity index (χ1v) is 7.26. The van der Waals surface area contributed by atoms with Gasteiger partial charge in [-0.05, 0) is 50.3 Å². The highest BCUT2D eigenvalue weighted by atomic mass is 35.5. The summed E-state index contributed by atoms with van der Waals surface area (Å²) in [6, 6.07) is 7.79. The van der Waals surface area contributed by atoms with Crippen molar-refractivity contribution in [2.45, 2.75) is 38.6 Å². The molecule has 0 spiro atoms. The van der Waals surface area contributed by atoms with Crippen LogP contribution in [0.1, 0.15) is 38.2 Å². The Morgan fingerprint density at radius 1 is 1.35 bits per heavy atom. The molecule has 1 aromatic carbocycles. The van der Waals surface area contributed by atoms with Gasteiger partial charge in [-0.3, -0.25) is 4.79 Å². The maximum atomic E-state index is 11.9. The number of amides is 1. The third-order valence-corrected chi connectivity index (χ3v) is 4.47. The summed E-state index contributed by atoms with van der Waals surface area (Å²) < 4.78 is 0. The fraction of sp³-hybridized carbons (Fsp3) is 0.467. The van der Waals surface area contributed by atoms with Crippen molar-refractivity contribution in [1.82, 2.24) is 5.32 Å². The molecule has 3 nitrogen and oxygen atoms in total. The summed E-state index contributed by atoms with van der Waals surface area (Å²) >= 11 is 11.9. The van der Waals surface area contributed by atoms with Crippen molar-refractivity contribution in [2.75, 3.05) is 0 Å². The highest BCUT2D eigenvalue weighted by molar-refractivity contribution is 6.42. The number of nitrogens with one attached hydrogen (secondary N) is 1. The van der Waals surface area contributed by atoms with E-state index in [2.05, 4.69) is 5.32 Å². The molecular weight excluding hydrogens is 295 g/mol. The number of nitrogens with zero attached hydrogens (tertiary/aromatic N) is 1. The maximum absolute atomic E-state index is 11.9. The van der Waals surface area contributed by atoms with Crippen molar-refractivity contribution in [1.29, 1.82) is 5.26 Å². The molecule has 1 aromatic rings. The van der Waals surface area contributed by atoms with E-state index in [-0.39, 0.29) is 11.9 Å². The average molecular weight is 311 g/mol. The van der Waals surface area contributed by atoms with Gasteiger partial charge in [-0.1, -0.05) is 29.3 Å². The first-order valence-electron chi connectivity index (χ1n) is 6.50. The summed E-state index contributed by atoms with van der Waals surface area (Å²) in [5.41, 5.74) is 0.165. The third kappa shape index (κ3) is 3.08. The molecule has 1 amide bonds. The minimum atomic E-state index is -0.978. The van der Waals surface area contributed by atoms with Gasteiger partial charge in [0.1, 0.15) is 5.41 Å². The summed E-state index contributed by atoms with van der Waals surface area (Å²) in [7, 11) is 0. The standard InChI is InChI=1S/C15H16Cl2N2O/c1-15(2,8-18)14(20)19-11-5-10(6-11)9-3-4-12(16)13(17)7-9/h3-4,7,10-11H,5-6H2,1-2H3,(H,19,20). The molecule has 1 saturated carbocycles. The summed E-state index contributed by atoms with van der Waals surface area (Å²) in [5, 5.41) is 12.9. The van der Waals surface area contributed by atoms with Crippen LogP contribution in [-0.4, -0.2) is 11.9 Å². The zero-order chi connectivity index (χ0) is 14.9. The monoisotopic (exact) mass is 310 g/mol. The van der Waals surface area contributed by atoms with Crippen LogP contribution in [0.4, 0.5) is 0 Å². The van der Waals surface area contributed by atoms with E-state index in [0.29, 0.717) is 16.0 Å². The molecule has 1 aliphatic carbocycles. The molecule has 2 rings (SSSR count). The molecule has 1 aliphatic rings. The molecule has 20 heavy (non-hydrogen) atoms. The van der Waals surface area contributed by atoms with Crippen molar-refractivity contribution in [3.8, 4) is 6.07 Å². The molecule has 5 heteroatoms. The molecule has 1 fully saturated rings. The van der Waals surface area contributed by atoms with Crippen molar-refractivity contribution in [3.63, 3.8) is 0 Å². The summed E-state index contributed by atoms with van der Waals surface area (Å²) in [4.78, 5) is 11.9. The number of halogens is 2. The van der Waals surface area contributed by atoms with Crippen molar-refractivity contribution in [2.24, 2.45) is 5.41 Å². The summed E-state index contributed by atoms with van der Waals surface area (Å²) in [6.45, 7) is 3.24. The SMILES string of the molecule is CC(C)(C#N)C(=O)NC1CC(c2ccc(Cl)c(Cl)c2)C1. The minimum absolute atomic E-state index is 0.134. The van der Waals surface area contributed by atoms with Crippen LogP contribution in [0.2, 0.25) is 10.0 Å². The molecule has 1 N–H and O–H groups in total. The predicted octanol–water partition coefficient (Wildman–Crippen LogP) is 3.91. The number of carbonyl (C=O) groups excluding carboxylic acids is 1. The Hall–Kier alpha value is -1.24. The van der Waals surface area contributed by atoms with Gasteiger partial charge in [-0.25, -0.2) is 0 Å². The Balaban J connectivity index is 1.90. The van der Waals surface area contributed by atoms with Gasteiger partial charge in [0.05, 0.1) is 16.1 Å². The van der Waals surface area contributed by atoms with Crippen LogP contribution in [-0.2, 0) is 4.79 Å². The summed E-state index contributed by atoms with van der Waals surface area (Å²) in [5.74, 6) is 0.179. The van der Waals surface area contributed by atoms with Crippen LogP contribution in [0.15, 0.2) is 18.2 Å². The second kappa shape index (κ2) is 5.63. The Morgan fingerprint density at radius 2 is 2.00 bits per heavy atom. The first-order chi connectivity index (χ1) is 9.33. The van der Waals surface area contributed by atoms with E-state index in [9.17, 15) is 4.79 Å². The average Bonchev–Trinajstić information content (AvgIpc) is 2.36. The lowest BCUT2D eigenvalue weighted by atomic mass is 9.75. The van der Waals surface area contributed by atoms with Crippen molar-refractivity contribution < 1.29 is 4.79 Å². The van der Waals surface area contributed by atoms with Crippen LogP contribution in [0.3, 0.4) is 0 Å². The molecule has 0 unspecified atom stereocenters. The second-order valence-corrected chi connectivity index (χ2v) is 6.56. The highest BCUT2D eigenvalue weighted by Crippen LogP contribution is 2.39. The zero-order valence-corrected chi connectivity index (χ0v) is 12.9. The van der Waals surface area contributed by atoms with E-state index in [0.717, 1.165) is 18.4 Å². The molecule has 0 saturated heterocycles. The van der Waals surface area contributed by atoms with Gasteiger partial charge in [0.15, 0.2) is 0 Å². The van der Waals surface area contributed by atoms with E-state index in [1.807, 2.05) is 18.2 Å². The van der Waals surface area contributed by atoms with Crippen LogP contribution in [0, 0.1) is 16.7 Å². The fourth-order valence-electron chi connectivity index (χ4n) is 2.19. The molecule has 106 valence electrons. The normalized spacial score (nSPS) is 21.8. The van der Waals surface area contributed by atoms with Gasteiger partial charge < -0.3 is 5.32 Å². The van der Waals surface area contributed by atoms with Crippen LogP contribution in [0.5, 0.6) is 0 Å². The smallest absolute Gasteiger partial charge is 0.240 e. The molecule has 0 heterocycles. The van der Waals surface area contributed by atoms with Gasteiger partial charge in [-0.15, -0.1) is 0 Å². The number of rotatable bonds is 3. The largest absolute Gasteiger partial charge is 0.352 e. The number of carbonyl (C=O) groups is 1. The molecular formula is C15H16Cl2N2O. The minimum Gasteiger partial charge on any atom is -0.352 e. The van der Waals surface area contributed by atoms with Crippen LogP contribution < -0.4 is 5.32 Å². The van der Waals surface area contributed by atoms with E-state index in [1.54, 1.807) is 19.9 Å². The fourth-order valence-corrected chi connectivity index (χ4v) is 2.50. The number of hydrogen-bond donors (Lipinski definition) is 1. The second-order valence-electron chi connectivity index (χ2n) is 5.75. The Labute approximate surface area is 128 Å². The topological polar surface area (TPSA) is 52.9 Å². The Bertz CT molecular complexity index is 572. The molecule has 0 bridgehead atoms. The molecule has 0 radical (unpaired) electrons. The van der Waals surface area contributed by atoms with E-state index in [1.165, 1.54) is 0 Å². The van der Waals surface area contributed by atoms with Gasteiger partial charge in [0.25, 0.3) is 0 Å². The predicted molar refractivity (Wildman–Crippen MR) is 79.8 cm³/mol. The number of hydrogen-bond acceptors (Lipinski definition) is 2. The molecule has 0 atom stereocenters. The lowest BCUT2D eigenvalue weighted by Gasteiger charge is -2.37. The van der Waals surface area contributed by atoms with E-state index in [4.69, 9.17) is 28.5 Å². The van der Waals surface area contributed by atoms with Crippen molar-refractivity contribution in [3.05, 3.63) is 33.8 Å².